The van der Waals surface area contributed by atoms with Gasteiger partial charge in [-0.2, -0.15) is 0 Å². The van der Waals surface area contributed by atoms with E-state index in [-0.39, 0.29) is 5.41 Å². The number of rotatable bonds is 6. The van der Waals surface area contributed by atoms with Crippen LogP contribution in [0.1, 0.15) is 32.6 Å². The number of methoxy groups -OCH3 is 1. The van der Waals surface area contributed by atoms with Crippen molar-refractivity contribution in [1.82, 2.24) is 4.90 Å². The van der Waals surface area contributed by atoms with Crippen LogP contribution in [0.15, 0.2) is 0 Å². The Morgan fingerprint density at radius 2 is 2.00 bits per heavy atom. The van der Waals surface area contributed by atoms with Crippen molar-refractivity contribution in [1.29, 1.82) is 0 Å². The second kappa shape index (κ2) is 6.58. The number of nitrogens with zero attached hydrogens (tertiary/aromatic N) is 1. The van der Waals surface area contributed by atoms with Crippen LogP contribution in [0.25, 0.3) is 0 Å². The third-order valence-electron chi connectivity index (χ3n) is 3.95. The molecule has 0 bridgehead atoms. The van der Waals surface area contributed by atoms with Gasteiger partial charge in [0, 0.05) is 32.2 Å². The summed E-state index contributed by atoms with van der Waals surface area (Å²) in [5.74, 6) is 0.837. The van der Waals surface area contributed by atoms with Gasteiger partial charge in [-0.3, -0.25) is 0 Å². The number of aliphatic hydroxyl groups excluding tert-OH is 1. The number of likely N-dealkylation sites (N-methyl/N-ethyl adjacent to an activating group) is 1. The second-order valence-electron chi connectivity index (χ2n) is 5.57. The molecule has 0 aromatic rings. The van der Waals surface area contributed by atoms with E-state index in [9.17, 15) is 5.11 Å². The summed E-state index contributed by atoms with van der Waals surface area (Å²) in [6.45, 7) is 5.37. The van der Waals surface area contributed by atoms with Crippen molar-refractivity contribution in [3.8, 4) is 0 Å². The molecule has 1 N–H and O–H groups in total. The standard InChI is InChI=1S/C13H27NO2/c1-12-4-6-13(11-15,7-5-12)10-14(2)8-9-16-3/h12,15H,4-11H2,1-3H3. The van der Waals surface area contributed by atoms with Gasteiger partial charge in [-0.1, -0.05) is 19.8 Å². The van der Waals surface area contributed by atoms with Gasteiger partial charge in [0.05, 0.1) is 6.61 Å². The van der Waals surface area contributed by atoms with Gasteiger partial charge in [0.15, 0.2) is 0 Å². The van der Waals surface area contributed by atoms with Crippen LogP contribution in [0.5, 0.6) is 0 Å². The number of ether oxygens (including phenoxy) is 1. The van der Waals surface area contributed by atoms with E-state index >= 15 is 0 Å². The average Bonchev–Trinajstić information content (AvgIpc) is 2.30. The minimum Gasteiger partial charge on any atom is -0.396 e. The summed E-state index contributed by atoms with van der Waals surface area (Å²) in [7, 11) is 3.85. The van der Waals surface area contributed by atoms with E-state index in [1.54, 1.807) is 7.11 Å². The summed E-state index contributed by atoms with van der Waals surface area (Å²) in [4.78, 5) is 2.29. The molecule has 0 amide bonds. The van der Waals surface area contributed by atoms with E-state index < -0.39 is 0 Å². The molecular weight excluding hydrogens is 202 g/mol. The Hall–Kier alpha value is -0.120. The molecule has 0 heterocycles. The lowest BCUT2D eigenvalue weighted by Crippen LogP contribution is -2.42. The van der Waals surface area contributed by atoms with Gasteiger partial charge >= 0.3 is 0 Å². The van der Waals surface area contributed by atoms with Crippen LogP contribution >= 0.6 is 0 Å². The third-order valence-corrected chi connectivity index (χ3v) is 3.95. The Labute approximate surface area is 99.8 Å². The Morgan fingerprint density at radius 3 is 2.50 bits per heavy atom. The van der Waals surface area contributed by atoms with Crippen LogP contribution in [-0.2, 0) is 4.74 Å². The van der Waals surface area contributed by atoms with E-state index in [1.165, 1.54) is 25.7 Å². The minimum atomic E-state index is 0.148. The number of hydrogen-bond acceptors (Lipinski definition) is 3. The molecule has 3 heteroatoms. The van der Waals surface area contributed by atoms with Crippen LogP contribution < -0.4 is 0 Å². The fourth-order valence-corrected chi connectivity index (χ4v) is 2.64. The van der Waals surface area contributed by atoms with Crippen LogP contribution in [0.4, 0.5) is 0 Å². The summed E-state index contributed by atoms with van der Waals surface area (Å²) < 4.78 is 5.08. The van der Waals surface area contributed by atoms with Crippen molar-refractivity contribution in [3.63, 3.8) is 0 Å². The van der Waals surface area contributed by atoms with Crippen molar-refractivity contribution in [3.05, 3.63) is 0 Å². The predicted octanol–water partition coefficient (Wildman–Crippen LogP) is 1.75. The average molecular weight is 229 g/mol. The van der Waals surface area contributed by atoms with Crippen molar-refractivity contribution in [2.45, 2.75) is 32.6 Å². The SMILES string of the molecule is COCCN(C)CC1(CO)CCC(C)CC1. The number of aliphatic hydroxyl groups is 1. The molecule has 1 saturated carbocycles. The molecule has 1 rings (SSSR count). The van der Waals surface area contributed by atoms with Crippen molar-refractivity contribution < 1.29 is 9.84 Å². The van der Waals surface area contributed by atoms with E-state index in [2.05, 4.69) is 18.9 Å². The highest BCUT2D eigenvalue weighted by atomic mass is 16.5. The van der Waals surface area contributed by atoms with Crippen LogP contribution in [0, 0.1) is 11.3 Å². The maximum atomic E-state index is 9.64. The van der Waals surface area contributed by atoms with E-state index in [0.29, 0.717) is 6.61 Å². The van der Waals surface area contributed by atoms with Gasteiger partial charge in [-0.25, -0.2) is 0 Å². The highest BCUT2D eigenvalue weighted by Gasteiger charge is 2.34. The molecule has 1 aliphatic rings. The lowest BCUT2D eigenvalue weighted by atomic mass is 9.71. The molecule has 0 saturated heterocycles. The van der Waals surface area contributed by atoms with Crippen molar-refractivity contribution >= 4 is 0 Å². The maximum absolute atomic E-state index is 9.64. The first kappa shape index (κ1) is 13.9. The molecule has 0 spiro atoms. The first-order chi connectivity index (χ1) is 7.62. The third kappa shape index (κ3) is 4.04. The molecule has 1 fully saturated rings. The lowest BCUT2D eigenvalue weighted by molar-refractivity contribution is 0.0301. The normalized spacial score (nSPS) is 30.9. The molecule has 0 unspecified atom stereocenters. The van der Waals surface area contributed by atoms with Crippen molar-refractivity contribution in [2.75, 3.05) is 40.5 Å². The summed E-state index contributed by atoms with van der Waals surface area (Å²) >= 11 is 0. The molecule has 0 atom stereocenters. The topological polar surface area (TPSA) is 32.7 Å². The molecule has 0 aromatic carbocycles. The van der Waals surface area contributed by atoms with E-state index in [1.807, 2.05) is 0 Å². The van der Waals surface area contributed by atoms with Crippen molar-refractivity contribution in [2.24, 2.45) is 11.3 Å². The Morgan fingerprint density at radius 1 is 1.38 bits per heavy atom. The Balaban J connectivity index is 2.40. The fraction of sp³-hybridized carbons (Fsp3) is 1.00. The van der Waals surface area contributed by atoms with Gasteiger partial charge in [-0.05, 0) is 25.8 Å². The van der Waals surface area contributed by atoms with Crippen LogP contribution in [-0.4, -0.2) is 50.5 Å². The lowest BCUT2D eigenvalue weighted by Gasteiger charge is -2.40. The molecule has 1 aliphatic carbocycles. The molecule has 0 radical (unpaired) electrons. The largest absolute Gasteiger partial charge is 0.396 e. The Kier molecular flexibility index (Phi) is 5.73. The molecule has 16 heavy (non-hydrogen) atoms. The molecule has 3 nitrogen and oxygen atoms in total. The zero-order chi connectivity index (χ0) is 12.0. The fourth-order valence-electron chi connectivity index (χ4n) is 2.64. The minimum absolute atomic E-state index is 0.148. The van der Waals surface area contributed by atoms with Gasteiger partial charge in [0.25, 0.3) is 0 Å². The summed E-state index contributed by atoms with van der Waals surface area (Å²) in [6.07, 6.45) is 4.86. The Bertz CT molecular complexity index is 188. The second-order valence-corrected chi connectivity index (χ2v) is 5.57. The maximum Gasteiger partial charge on any atom is 0.0589 e. The van der Waals surface area contributed by atoms with Gasteiger partial charge in [0.2, 0.25) is 0 Å². The zero-order valence-corrected chi connectivity index (χ0v) is 11.0. The summed E-state index contributed by atoms with van der Waals surface area (Å²) in [5, 5.41) is 9.64. The van der Waals surface area contributed by atoms with Crippen LogP contribution in [0.3, 0.4) is 0 Å². The predicted molar refractivity (Wildman–Crippen MR) is 66.5 cm³/mol. The van der Waals surface area contributed by atoms with Gasteiger partial charge < -0.3 is 14.7 Å². The summed E-state index contributed by atoms with van der Waals surface area (Å²) in [6, 6.07) is 0. The van der Waals surface area contributed by atoms with Gasteiger partial charge in [-0.15, -0.1) is 0 Å². The quantitative estimate of drug-likeness (QED) is 0.753. The smallest absolute Gasteiger partial charge is 0.0589 e. The van der Waals surface area contributed by atoms with E-state index in [0.717, 1.165) is 25.6 Å². The summed E-state index contributed by atoms with van der Waals surface area (Å²) in [5.41, 5.74) is 0.148. The zero-order valence-electron chi connectivity index (χ0n) is 11.0. The van der Waals surface area contributed by atoms with Crippen LogP contribution in [0.2, 0.25) is 0 Å². The monoisotopic (exact) mass is 229 g/mol. The highest BCUT2D eigenvalue weighted by Crippen LogP contribution is 2.38. The number of hydrogen-bond donors (Lipinski definition) is 1. The van der Waals surface area contributed by atoms with E-state index in [4.69, 9.17) is 4.74 Å². The molecular formula is C13H27NO2. The first-order valence-electron chi connectivity index (χ1n) is 6.40. The molecule has 0 aliphatic heterocycles. The molecule has 96 valence electrons. The molecule has 0 aromatic heterocycles. The van der Waals surface area contributed by atoms with Gasteiger partial charge in [0.1, 0.15) is 0 Å². The first-order valence-corrected chi connectivity index (χ1v) is 6.40. The highest BCUT2D eigenvalue weighted by molar-refractivity contribution is 4.86.